The minimum absolute atomic E-state index is 0.0287. The molecule has 0 radical (unpaired) electrons. The lowest BCUT2D eigenvalue weighted by Gasteiger charge is -2.01. The molecule has 100 valence electrons. The van der Waals surface area contributed by atoms with Crippen LogP contribution in [-0.4, -0.2) is 10.4 Å². The van der Waals surface area contributed by atoms with Gasteiger partial charge in [-0.05, 0) is 25.1 Å². The molecule has 0 N–H and O–H groups in total. The standard InChI is InChI=1S/C17H14ClNO/c1-2-19-11-14(12-7-4-6-10-16(12)19)17(20)13-8-3-5-9-15(13)18/h3-11H,2H2,1H3. The van der Waals surface area contributed by atoms with E-state index in [9.17, 15) is 4.79 Å². The molecule has 1 aromatic heterocycles. The third-order valence-corrected chi connectivity index (χ3v) is 3.82. The second-order valence-electron chi connectivity index (χ2n) is 4.65. The van der Waals surface area contributed by atoms with Gasteiger partial charge in [0.25, 0.3) is 0 Å². The first kappa shape index (κ1) is 12.9. The Balaban J connectivity index is 2.20. The van der Waals surface area contributed by atoms with Gasteiger partial charge in [-0.15, -0.1) is 0 Å². The molecule has 20 heavy (non-hydrogen) atoms. The second kappa shape index (κ2) is 5.14. The number of carbonyl (C=O) groups is 1. The normalized spacial score (nSPS) is 10.9. The molecule has 0 spiro atoms. The number of hydrogen-bond donors (Lipinski definition) is 0. The van der Waals surface area contributed by atoms with Crippen molar-refractivity contribution >= 4 is 28.3 Å². The Morgan fingerprint density at radius 2 is 1.75 bits per heavy atom. The summed E-state index contributed by atoms with van der Waals surface area (Å²) in [7, 11) is 0. The highest BCUT2D eigenvalue weighted by Crippen LogP contribution is 2.26. The predicted molar refractivity (Wildman–Crippen MR) is 82.5 cm³/mol. The van der Waals surface area contributed by atoms with Gasteiger partial charge >= 0.3 is 0 Å². The van der Waals surface area contributed by atoms with Crippen molar-refractivity contribution in [3.8, 4) is 0 Å². The summed E-state index contributed by atoms with van der Waals surface area (Å²) in [6, 6.07) is 15.1. The number of para-hydroxylation sites is 1. The van der Waals surface area contributed by atoms with E-state index in [1.807, 2.05) is 42.6 Å². The first-order chi connectivity index (χ1) is 9.72. The van der Waals surface area contributed by atoms with Crippen molar-refractivity contribution in [1.29, 1.82) is 0 Å². The van der Waals surface area contributed by atoms with E-state index < -0.39 is 0 Å². The van der Waals surface area contributed by atoms with Gasteiger partial charge in [0, 0.05) is 34.8 Å². The number of fused-ring (bicyclic) bond motifs is 1. The maximum atomic E-state index is 12.7. The lowest BCUT2D eigenvalue weighted by molar-refractivity contribution is 0.104. The van der Waals surface area contributed by atoms with E-state index >= 15 is 0 Å². The summed E-state index contributed by atoms with van der Waals surface area (Å²) < 4.78 is 2.08. The zero-order valence-electron chi connectivity index (χ0n) is 11.1. The van der Waals surface area contributed by atoms with Gasteiger partial charge < -0.3 is 4.57 Å². The van der Waals surface area contributed by atoms with Crippen LogP contribution in [0.15, 0.2) is 54.7 Å². The number of carbonyl (C=O) groups excluding carboxylic acids is 1. The molecule has 0 aliphatic carbocycles. The predicted octanol–water partition coefficient (Wildman–Crippen LogP) is 4.55. The smallest absolute Gasteiger partial charge is 0.196 e. The van der Waals surface area contributed by atoms with Crippen molar-refractivity contribution in [2.45, 2.75) is 13.5 Å². The minimum Gasteiger partial charge on any atom is -0.347 e. The number of benzene rings is 2. The van der Waals surface area contributed by atoms with Crippen molar-refractivity contribution in [2.24, 2.45) is 0 Å². The summed E-state index contributed by atoms with van der Waals surface area (Å²) in [6.07, 6.45) is 1.91. The van der Waals surface area contributed by atoms with Crippen LogP contribution in [0.3, 0.4) is 0 Å². The number of ketones is 1. The van der Waals surface area contributed by atoms with Gasteiger partial charge in [0.15, 0.2) is 5.78 Å². The Bertz CT molecular complexity index is 789. The van der Waals surface area contributed by atoms with Gasteiger partial charge in [0.05, 0.1) is 5.02 Å². The Hall–Kier alpha value is -2.06. The zero-order chi connectivity index (χ0) is 14.1. The fourth-order valence-corrected chi connectivity index (χ4v) is 2.70. The first-order valence-corrected chi connectivity index (χ1v) is 6.97. The van der Waals surface area contributed by atoms with Crippen LogP contribution in [0.2, 0.25) is 5.02 Å². The van der Waals surface area contributed by atoms with Gasteiger partial charge in [-0.1, -0.05) is 41.9 Å². The van der Waals surface area contributed by atoms with Gasteiger partial charge in [0.2, 0.25) is 0 Å². The molecular formula is C17H14ClNO. The van der Waals surface area contributed by atoms with Crippen LogP contribution < -0.4 is 0 Å². The average Bonchev–Trinajstić information content (AvgIpc) is 2.86. The number of rotatable bonds is 3. The fourth-order valence-electron chi connectivity index (χ4n) is 2.48. The molecule has 0 saturated carbocycles. The minimum atomic E-state index is -0.0287. The molecule has 3 aromatic rings. The monoisotopic (exact) mass is 283 g/mol. The molecule has 0 saturated heterocycles. The SMILES string of the molecule is CCn1cc(C(=O)c2ccccc2Cl)c2ccccc21. The zero-order valence-corrected chi connectivity index (χ0v) is 11.9. The molecule has 2 nitrogen and oxygen atoms in total. The molecule has 0 fully saturated rings. The molecule has 0 bridgehead atoms. The first-order valence-electron chi connectivity index (χ1n) is 6.59. The summed E-state index contributed by atoms with van der Waals surface area (Å²) in [5.74, 6) is -0.0287. The lowest BCUT2D eigenvalue weighted by atomic mass is 10.0. The van der Waals surface area contributed by atoms with Gasteiger partial charge in [-0.3, -0.25) is 4.79 Å². The van der Waals surface area contributed by atoms with Crippen LogP contribution in [-0.2, 0) is 6.54 Å². The Kier molecular flexibility index (Phi) is 3.33. The summed E-state index contributed by atoms with van der Waals surface area (Å²) in [5, 5.41) is 1.46. The Labute approximate surface area is 122 Å². The van der Waals surface area contributed by atoms with E-state index in [4.69, 9.17) is 11.6 Å². The van der Waals surface area contributed by atoms with Crippen LogP contribution in [0, 0.1) is 0 Å². The number of aromatic nitrogens is 1. The highest BCUT2D eigenvalue weighted by molar-refractivity contribution is 6.35. The molecule has 0 amide bonds. The molecule has 2 aromatic carbocycles. The van der Waals surface area contributed by atoms with Crippen molar-refractivity contribution < 1.29 is 4.79 Å². The van der Waals surface area contributed by atoms with Gasteiger partial charge in [-0.25, -0.2) is 0 Å². The highest BCUT2D eigenvalue weighted by Gasteiger charge is 2.17. The highest BCUT2D eigenvalue weighted by atomic mass is 35.5. The number of nitrogens with zero attached hydrogens (tertiary/aromatic N) is 1. The number of halogens is 1. The largest absolute Gasteiger partial charge is 0.347 e. The number of hydrogen-bond acceptors (Lipinski definition) is 1. The molecule has 0 aliphatic rings. The van der Waals surface area contributed by atoms with Crippen molar-refractivity contribution in [1.82, 2.24) is 4.57 Å². The molecule has 1 heterocycles. The third kappa shape index (κ3) is 2.02. The quantitative estimate of drug-likeness (QED) is 0.647. The topological polar surface area (TPSA) is 22.0 Å². The van der Waals surface area contributed by atoms with Crippen LogP contribution in [0.4, 0.5) is 0 Å². The summed E-state index contributed by atoms with van der Waals surface area (Å²) in [5.41, 5.74) is 2.33. The van der Waals surface area contributed by atoms with E-state index in [0.717, 1.165) is 17.4 Å². The maximum absolute atomic E-state index is 12.7. The van der Waals surface area contributed by atoms with Gasteiger partial charge in [0.1, 0.15) is 0 Å². The third-order valence-electron chi connectivity index (χ3n) is 3.49. The average molecular weight is 284 g/mol. The molecule has 0 atom stereocenters. The Morgan fingerprint density at radius 1 is 1.05 bits per heavy atom. The number of aryl methyl sites for hydroxylation is 1. The van der Waals surface area contributed by atoms with Crippen molar-refractivity contribution in [3.63, 3.8) is 0 Å². The molecular weight excluding hydrogens is 270 g/mol. The van der Waals surface area contributed by atoms with Gasteiger partial charge in [-0.2, -0.15) is 0 Å². The Morgan fingerprint density at radius 3 is 2.50 bits per heavy atom. The van der Waals surface area contributed by atoms with E-state index in [2.05, 4.69) is 11.5 Å². The van der Waals surface area contributed by atoms with Crippen molar-refractivity contribution in [3.05, 3.63) is 70.9 Å². The lowest BCUT2D eigenvalue weighted by Crippen LogP contribution is -2.01. The van der Waals surface area contributed by atoms with Crippen LogP contribution in [0.5, 0.6) is 0 Å². The van der Waals surface area contributed by atoms with E-state index in [0.29, 0.717) is 16.1 Å². The summed E-state index contributed by atoms with van der Waals surface area (Å²) in [6.45, 7) is 2.90. The van der Waals surface area contributed by atoms with Crippen LogP contribution in [0.1, 0.15) is 22.8 Å². The van der Waals surface area contributed by atoms with Crippen LogP contribution in [0.25, 0.3) is 10.9 Å². The summed E-state index contributed by atoms with van der Waals surface area (Å²) in [4.78, 5) is 12.7. The van der Waals surface area contributed by atoms with E-state index in [1.165, 1.54) is 0 Å². The molecule has 3 rings (SSSR count). The fraction of sp³-hybridized carbons (Fsp3) is 0.118. The molecule has 3 heteroatoms. The van der Waals surface area contributed by atoms with E-state index in [1.54, 1.807) is 12.1 Å². The molecule has 0 aliphatic heterocycles. The molecule has 0 unspecified atom stereocenters. The maximum Gasteiger partial charge on any atom is 0.196 e. The second-order valence-corrected chi connectivity index (χ2v) is 5.06. The van der Waals surface area contributed by atoms with Crippen LogP contribution >= 0.6 is 11.6 Å². The summed E-state index contributed by atoms with van der Waals surface area (Å²) >= 11 is 6.13. The van der Waals surface area contributed by atoms with Crippen molar-refractivity contribution in [2.75, 3.05) is 0 Å². The van der Waals surface area contributed by atoms with E-state index in [-0.39, 0.29) is 5.78 Å².